The van der Waals surface area contributed by atoms with Crippen molar-refractivity contribution in [1.82, 2.24) is 10.2 Å². The highest BCUT2D eigenvalue weighted by Crippen LogP contribution is 2.14. The van der Waals surface area contributed by atoms with E-state index >= 15 is 0 Å². The molecule has 1 aromatic carbocycles. The Hall–Kier alpha value is -2.34. The summed E-state index contributed by atoms with van der Waals surface area (Å²) in [6, 6.07) is 11.1. The molecule has 0 aliphatic heterocycles. The molecular formula is C13H14N2O4. The second kappa shape index (κ2) is 6.01. The highest BCUT2D eigenvalue weighted by atomic mass is 16.7. The van der Waals surface area contributed by atoms with E-state index in [1.165, 1.54) is 20.2 Å². The van der Waals surface area contributed by atoms with Gasteiger partial charge in [-0.1, -0.05) is 30.3 Å². The second-order valence-electron chi connectivity index (χ2n) is 3.79. The third kappa shape index (κ3) is 3.32. The smallest absolute Gasteiger partial charge is 0.315 e. The minimum atomic E-state index is -0.426. The zero-order valence-electron chi connectivity index (χ0n) is 10.7. The number of aromatic nitrogens is 1. The lowest BCUT2D eigenvalue weighted by atomic mass is 10.2. The van der Waals surface area contributed by atoms with E-state index in [1.807, 2.05) is 30.3 Å². The average Bonchev–Trinajstić information content (AvgIpc) is 2.93. The molecule has 0 atom stereocenters. The van der Waals surface area contributed by atoms with Crippen molar-refractivity contribution in [3.8, 4) is 5.88 Å². The van der Waals surface area contributed by atoms with E-state index in [4.69, 9.17) is 14.1 Å². The number of nitrogens with zero attached hydrogens (tertiary/aromatic N) is 2. The lowest BCUT2D eigenvalue weighted by molar-refractivity contribution is -0.0776. The van der Waals surface area contributed by atoms with Crippen molar-refractivity contribution in [2.45, 2.75) is 6.61 Å². The maximum absolute atomic E-state index is 11.7. The Morgan fingerprint density at radius 3 is 2.79 bits per heavy atom. The summed E-state index contributed by atoms with van der Waals surface area (Å²) in [7, 11) is 2.87. The van der Waals surface area contributed by atoms with E-state index < -0.39 is 5.91 Å². The van der Waals surface area contributed by atoms with Crippen LogP contribution in [-0.2, 0) is 11.4 Å². The Balaban J connectivity index is 1.96. The van der Waals surface area contributed by atoms with Gasteiger partial charge in [0.1, 0.15) is 6.61 Å². The molecule has 6 nitrogen and oxygen atoms in total. The number of hydroxylamine groups is 2. The predicted octanol–water partition coefficient (Wildman–Crippen LogP) is 1.89. The van der Waals surface area contributed by atoms with Gasteiger partial charge in [-0.15, -0.1) is 0 Å². The molecule has 0 aliphatic rings. The molecule has 0 aliphatic carbocycles. The van der Waals surface area contributed by atoms with Crippen molar-refractivity contribution >= 4 is 5.91 Å². The highest BCUT2D eigenvalue weighted by Gasteiger charge is 2.18. The monoisotopic (exact) mass is 262 g/mol. The lowest BCUT2D eigenvalue weighted by Gasteiger charge is -2.10. The molecule has 0 saturated heterocycles. The molecule has 6 heteroatoms. The number of ether oxygens (including phenoxy) is 1. The first-order valence-corrected chi connectivity index (χ1v) is 5.66. The van der Waals surface area contributed by atoms with Crippen LogP contribution in [0.1, 0.15) is 16.1 Å². The molecule has 0 bridgehead atoms. The Labute approximate surface area is 110 Å². The van der Waals surface area contributed by atoms with Gasteiger partial charge in [-0.05, 0) is 10.7 Å². The molecule has 0 fully saturated rings. The van der Waals surface area contributed by atoms with Gasteiger partial charge in [-0.2, -0.15) is 0 Å². The second-order valence-corrected chi connectivity index (χ2v) is 3.79. The van der Waals surface area contributed by atoms with Crippen LogP contribution in [0.2, 0.25) is 0 Å². The molecular weight excluding hydrogens is 248 g/mol. The molecule has 1 amide bonds. The molecule has 19 heavy (non-hydrogen) atoms. The molecule has 2 rings (SSSR count). The van der Waals surface area contributed by atoms with Crippen LogP contribution in [0.15, 0.2) is 40.9 Å². The fourth-order valence-electron chi connectivity index (χ4n) is 1.40. The van der Waals surface area contributed by atoms with Gasteiger partial charge in [-0.25, -0.2) is 5.06 Å². The summed E-state index contributed by atoms with van der Waals surface area (Å²) in [4.78, 5) is 16.4. The summed E-state index contributed by atoms with van der Waals surface area (Å²) in [6.07, 6.45) is 0. The summed E-state index contributed by atoms with van der Waals surface area (Å²) in [5.41, 5.74) is 1.01. The van der Waals surface area contributed by atoms with Crippen molar-refractivity contribution in [3.63, 3.8) is 0 Å². The molecule has 0 saturated carbocycles. The number of benzene rings is 1. The van der Waals surface area contributed by atoms with Crippen LogP contribution in [0, 0.1) is 0 Å². The van der Waals surface area contributed by atoms with Gasteiger partial charge in [0.2, 0.25) is 5.76 Å². The Morgan fingerprint density at radius 2 is 2.11 bits per heavy atom. The van der Waals surface area contributed by atoms with Gasteiger partial charge in [0.05, 0.1) is 13.2 Å². The van der Waals surface area contributed by atoms with Gasteiger partial charge in [0.15, 0.2) is 0 Å². The van der Waals surface area contributed by atoms with Crippen molar-refractivity contribution in [1.29, 1.82) is 0 Å². The first-order valence-electron chi connectivity index (χ1n) is 5.66. The summed E-state index contributed by atoms with van der Waals surface area (Å²) in [5, 5.41) is 4.71. The van der Waals surface area contributed by atoms with E-state index in [9.17, 15) is 4.79 Å². The van der Waals surface area contributed by atoms with Crippen molar-refractivity contribution < 1.29 is 18.9 Å². The molecule has 100 valence electrons. The van der Waals surface area contributed by atoms with Gasteiger partial charge in [0.25, 0.3) is 5.88 Å². The minimum Gasteiger partial charge on any atom is -0.471 e. The zero-order valence-corrected chi connectivity index (χ0v) is 10.7. The maximum Gasteiger partial charge on any atom is 0.315 e. The van der Waals surface area contributed by atoms with Crippen molar-refractivity contribution in [2.24, 2.45) is 0 Å². The summed E-state index contributed by atoms with van der Waals surface area (Å²) in [5.74, 6) is -0.103. The Bertz CT molecular complexity index is 539. The van der Waals surface area contributed by atoms with Crippen LogP contribution in [0.4, 0.5) is 0 Å². The normalized spacial score (nSPS) is 10.2. The van der Waals surface area contributed by atoms with Crippen molar-refractivity contribution in [3.05, 3.63) is 47.7 Å². The van der Waals surface area contributed by atoms with E-state index in [0.29, 0.717) is 6.61 Å². The Kier molecular flexibility index (Phi) is 4.15. The first-order chi connectivity index (χ1) is 9.20. The number of rotatable bonds is 5. The summed E-state index contributed by atoms with van der Waals surface area (Å²) < 4.78 is 10.3. The maximum atomic E-state index is 11.7. The lowest BCUT2D eigenvalue weighted by Crippen LogP contribution is -2.24. The first kappa shape index (κ1) is 13.1. The molecule has 1 aromatic heterocycles. The number of hydrogen-bond donors (Lipinski definition) is 0. The molecule has 0 unspecified atom stereocenters. The SMILES string of the molecule is CON(C)C(=O)c1cc(OCc2ccccc2)no1. The van der Waals surface area contributed by atoms with Gasteiger partial charge in [-0.3, -0.25) is 9.63 Å². The van der Waals surface area contributed by atoms with E-state index in [2.05, 4.69) is 5.16 Å². The number of amides is 1. The van der Waals surface area contributed by atoms with Crippen LogP contribution in [0.25, 0.3) is 0 Å². The molecule has 0 spiro atoms. The average molecular weight is 262 g/mol. The highest BCUT2D eigenvalue weighted by molar-refractivity contribution is 5.90. The van der Waals surface area contributed by atoms with E-state index in [1.54, 1.807) is 0 Å². The van der Waals surface area contributed by atoms with Gasteiger partial charge >= 0.3 is 5.91 Å². The van der Waals surface area contributed by atoms with E-state index in [0.717, 1.165) is 10.6 Å². The van der Waals surface area contributed by atoms with Crippen LogP contribution in [0.3, 0.4) is 0 Å². The third-order valence-corrected chi connectivity index (χ3v) is 2.49. The molecule has 1 heterocycles. The predicted molar refractivity (Wildman–Crippen MR) is 66.4 cm³/mol. The van der Waals surface area contributed by atoms with Crippen molar-refractivity contribution in [2.75, 3.05) is 14.2 Å². The minimum absolute atomic E-state index is 0.0624. The van der Waals surface area contributed by atoms with Crippen LogP contribution >= 0.6 is 0 Å². The fraction of sp³-hybridized carbons (Fsp3) is 0.231. The number of carbonyl (C=O) groups excluding carboxylic acids is 1. The summed E-state index contributed by atoms with van der Waals surface area (Å²) >= 11 is 0. The number of carbonyl (C=O) groups is 1. The van der Waals surface area contributed by atoms with Crippen LogP contribution in [-0.4, -0.2) is 30.3 Å². The van der Waals surface area contributed by atoms with Crippen LogP contribution < -0.4 is 4.74 Å². The van der Waals surface area contributed by atoms with Gasteiger partial charge in [0, 0.05) is 7.05 Å². The Morgan fingerprint density at radius 1 is 1.37 bits per heavy atom. The fourth-order valence-corrected chi connectivity index (χ4v) is 1.40. The van der Waals surface area contributed by atoms with Gasteiger partial charge < -0.3 is 9.26 Å². The summed E-state index contributed by atoms with van der Waals surface area (Å²) in [6.45, 7) is 0.362. The number of hydrogen-bond acceptors (Lipinski definition) is 5. The quantitative estimate of drug-likeness (QED) is 0.770. The molecule has 0 radical (unpaired) electrons. The van der Waals surface area contributed by atoms with E-state index in [-0.39, 0.29) is 11.6 Å². The molecule has 2 aromatic rings. The van der Waals surface area contributed by atoms with Crippen LogP contribution in [0.5, 0.6) is 5.88 Å². The standard InChI is InChI=1S/C13H14N2O4/c1-15(17-2)13(16)11-8-12(14-19-11)18-9-10-6-4-3-5-7-10/h3-8H,9H2,1-2H3. The zero-order chi connectivity index (χ0) is 13.7. The third-order valence-electron chi connectivity index (χ3n) is 2.49. The molecule has 0 N–H and O–H groups in total. The largest absolute Gasteiger partial charge is 0.471 e. The topological polar surface area (TPSA) is 64.8 Å².